The van der Waals surface area contributed by atoms with Crippen molar-refractivity contribution in [1.29, 1.82) is 0 Å². The summed E-state index contributed by atoms with van der Waals surface area (Å²) in [7, 11) is 0. The Balaban J connectivity index is -0.000000120. The van der Waals surface area contributed by atoms with Crippen LogP contribution in [-0.2, 0) is 24.7 Å². The van der Waals surface area contributed by atoms with E-state index in [-0.39, 0.29) is 15.3 Å². The van der Waals surface area contributed by atoms with Gasteiger partial charge in [0.15, 0.2) is 0 Å². The molecule has 0 heterocycles. The molecule has 0 saturated heterocycles. The third-order valence-electron chi connectivity index (χ3n) is 0.771. The van der Waals surface area contributed by atoms with Crippen molar-refractivity contribution in [3.8, 4) is 0 Å². The summed E-state index contributed by atoms with van der Waals surface area (Å²) in [5.41, 5.74) is 0. The Labute approximate surface area is 67.9 Å². The maximum absolute atomic E-state index is 2.18. The van der Waals surface area contributed by atoms with Crippen LogP contribution >= 0.6 is 0 Å². The van der Waals surface area contributed by atoms with Gasteiger partial charge >= 0.3 is 52.6 Å². The maximum atomic E-state index is 2.18. The van der Waals surface area contributed by atoms with Gasteiger partial charge in [0, 0.05) is 0 Å². The molecule has 1 aliphatic rings. The Kier molecular flexibility index (Phi) is 3.97. The van der Waals surface area contributed by atoms with Crippen molar-refractivity contribution in [3.05, 3.63) is 21.5 Å². The first-order valence-corrected chi connectivity index (χ1v) is 3.20. The number of hydrogen-bond donors (Lipinski definition) is 0. The van der Waals surface area contributed by atoms with Crippen molar-refractivity contribution < 1.29 is 40.0 Å². The van der Waals surface area contributed by atoms with Gasteiger partial charge in [-0.05, 0) is 0 Å². The van der Waals surface area contributed by atoms with Gasteiger partial charge in [-0.15, -0.1) is 0 Å². The van der Waals surface area contributed by atoms with Crippen molar-refractivity contribution >= 4 is 0 Å². The van der Waals surface area contributed by atoms with E-state index in [1.165, 1.54) is 6.42 Å². The van der Waals surface area contributed by atoms with Crippen LogP contribution in [0.5, 0.6) is 0 Å². The average molecular weight is 194 g/mol. The zero-order chi connectivity index (χ0) is 4.41. The third kappa shape index (κ3) is 2.46. The number of allylic oxidation sites excluding steroid dienone is 4. The predicted molar refractivity (Wildman–Crippen MR) is 24.1 cm³/mol. The predicted octanol–water partition coefficient (Wildman–Crippen LogP) is -1.39. The van der Waals surface area contributed by atoms with E-state index in [9.17, 15) is 0 Å². The van der Waals surface area contributed by atoms with Gasteiger partial charge in [-0.25, -0.2) is 0 Å². The van der Waals surface area contributed by atoms with Gasteiger partial charge in [-0.2, -0.15) is 0 Å². The molecular weight excluding hydrogens is 187 g/mol. The van der Waals surface area contributed by atoms with Crippen molar-refractivity contribution in [2.45, 2.75) is 6.42 Å². The Morgan fingerprint density at radius 3 is 2.57 bits per heavy atom. The fourth-order valence-electron chi connectivity index (χ4n) is 0.447. The molecule has 0 aliphatic heterocycles. The van der Waals surface area contributed by atoms with Crippen LogP contribution in [0.2, 0.25) is 0 Å². The van der Waals surface area contributed by atoms with Gasteiger partial charge in [-0.3, -0.25) is 0 Å². The summed E-state index contributed by atoms with van der Waals surface area (Å²) >= 11 is 1.56. The monoisotopic (exact) mass is 192 g/mol. The quantitative estimate of drug-likeness (QED) is 0.445. The summed E-state index contributed by atoms with van der Waals surface area (Å²) in [6.07, 6.45) is 7.69. The zero-order valence-corrected chi connectivity index (χ0v) is 7.03. The van der Waals surface area contributed by atoms with E-state index in [0.29, 0.717) is 0 Å². The van der Waals surface area contributed by atoms with Crippen LogP contribution in [0, 0.1) is 0 Å². The van der Waals surface area contributed by atoms with Crippen molar-refractivity contribution in [3.63, 3.8) is 0 Å². The first-order valence-electron chi connectivity index (χ1n) is 1.97. The molecular formula is C5H7ClZr. The SMILES string of the molecule is [Cl-].[H-].[H-].[Zr+3][C]1=CC=CC1. The summed E-state index contributed by atoms with van der Waals surface area (Å²) in [5.74, 6) is 0. The van der Waals surface area contributed by atoms with Gasteiger partial charge in [-0.1, -0.05) is 0 Å². The standard InChI is InChI=1S/C5H5.ClH.Zr.2H/c1-2-4-5-3-1;;;;/h1-3H,4H2;1H;;;/q;;+3;2*-1/p-1. The van der Waals surface area contributed by atoms with E-state index in [0.717, 1.165) is 0 Å². The first-order chi connectivity index (χ1) is 2.89. The second kappa shape index (κ2) is 3.63. The van der Waals surface area contributed by atoms with E-state index in [1.54, 1.807) is 28.0 Å². The van der Waals surface area contributed by atoms with Gasteiger partial charge in [0.25, 0.3) is 0 Å². The number of rotatable bonds is 0. The van der Waals surface area contributed by atoms with Crippen LogP contribution in [0.25, 0.3) is 0 Å². The topological polar surface area (TPSA) is 0 Å². The van der Waals surface area contributed by atoms with E-state index in [2.05, 4.69) is 18.2 Å². The minimum absolute atomic E-state index is 0. The fourth-order valence-corrected chi connectivity index (χ4v) is 0.973. The van der Waals surface area contributed by atoms with Gasteiger partial charge in [0.2, 0.25) is 0 Å². The van der Waals surface area contributed by atoms with E-state index in [1.807, 2.05) is 0 Å². The molecule has 0 N–H and O–H groups in total. The van der Waals surface area contributed by atoms with E-state index < -0.39 is 0 Å². The molecule has 2 heteroatoms. The number of hydrogen-bond acceptors (Lipinski definition) is 0. The average Bonchev–Trinajstić information content (AvgIpc) is 1.86. The molecule has 0 aromatic rings. The van der Waals surface area contributed by atoms with Crippen LogP contribution in [0.4, 0.5) is 0 Å². The summed E-state index contributed by atoms with van der Waals surface area (Å²) in [6.45, 7) is 0. The third-order valence-corrected chi connectivity index (χ3v) is 1.68. The molecule has 7 heavy (non-hydrogen) atoms. The van der Waals surface area contributed by atoms with Gasteiger partial charge in [0.1, 0.15) is 0 Å². The van der Waals surface area contributed by atoms with E-state index in [4.69, 9.17) is 0 Å². The molecule has 0 amide bonds. The Morgan fingerprint density at radius 2 is 2.43 bits per heavy atom. The Hall–Kier alpha value is 0.653. The molecule has 0 nitrogen and oxygen atoms in total. The molecule has 0 spiro atoms. The molecule has 0 aromatic heterocycles. The molecule has 38 valence electrons. The summed E-state index contributed by atoms with van der Waals surface area (Å²) < 4.78 is 1.56. The van der Waals surface area contributed by atoms with Crippen LogP contribution in [0.1, 0.15) is 9.27 Å². The van der Waals surface area contributed by atoms with Crippen LogP contribution in [-0.4, -0.2) is 0 Å². The first kappa shape index (κ1) is 7.65. The molecule has 0 unspecified atom stereocenters. The van der Waals surface area contributed by atoms with Crippen LogP contribution in [0.15, 0.2) is 21.5 Å². The van der Waals surface area contributed by atoms with Crippen LogP contribution < -0.4 is 12.4 Å². The zero-order valence-electron chi connectivity index (χ0n) is 5.82. The van der Waals surface area contributed by atoms with Gasteiger partial charge < -0.3 is 15.3 Å². The molecule has 1 aliphatic carbocycles. The summed E-state index contributed by atoms with van der Waals surface area (Å²) in [4.78, 5) is 0. The molecule has 0 aromatic carbocycles. The second-order valence-corrected chi connectivity index (χ2v) is 2.90. The van der Waals surface area contributed by atoms with E-state index >= 15 is 0 Å². The summed E-state index contributed by atoms with van der Waals surface area (Å²) in [5, 5.41) is 0. The molecule has 0 saturated carbocycles. The molecule has 0 radical (unpaired) electrons. The Morgan fingerprint density at radius 1 is 1.71 bits per heavy atom. The molecule has 0 fully saturated rings. The van der Waals surface area contributed by atoms with Crippen LogP contribution in [0.3, 0.4) is 0 Å². The normalized spacial score (nSPS) is 16.0. The molecule has 0 atom stereocenters. The Bertz CT molecular complexity index is 112. The number of halogens is 1. The molecule has 0 bridgehead atoms. The fraction of sp³-hybridized carbons (Fsp3) is 0.200. The summed E-state index contributed by atoms with van der Waals surface area (Å²) in [6, 6.07) is 0. The van der Waals surface area contributed by atoms with Crippen molar-refractivity contribution in [2.75, 3.05) is 0 Å². The van der Waals surface area contributed by atoms with Crippen molar-refractivity contribution in [2.24, 2.45) is 0 Å². The second-order valence-electron chi connectivity index (χ2n) is 1.32. The molecule has 1 rings (SSSR count). The van der Waals surface area contributed by atoms with Gasteiger partial charge in [0.05, 0.1) is 0 Å². The minimum atomic E-state index is 0. The van der Waals surface area contributed by atoms with Crippen molar-refractivity contribution in [1.82, 2.24) is 0 Å².